The lowest BCUT2D eigenvalue weighted by Crippen LogP contribution is -2.31. The average Bonchev–Trinajstić information content (AvgIpc) is 2.69. The molecule has 1 aliphatic rings. The molecule has 0 bridgehead atoms. The van der Waals surface area contributed by atoms with Gasteiger partial charge in [-0.05, 0) is 55.7 Å². The van der Waals surface area contributed by atoms with Crippen molar-refractivity contribution in [2.45, 2.75) is 26.7 Å². The van der Waals surface area contributed by atoms with Crippen LogP contribution < -0.4 is 4.90 Å². The lowest BCUT2D eigenvalue weighted by atomic mass is 10.0. The van der Waals surface area contributed by atoms with Crippen molar-refractivity contribution >= 4 is 17.4 Å². The fourth-order valence-corrected chi connectivity index (χ4v) is 2.84. The van der Waals surface area contributed by atoms with E-state index in [0.717, 1.165) is 11.3 Å². The van der Waals surface area contributed by atoms with Crippen molar-refractivity contribution < 1.29 is 9.59 Å². The first-order valence-electron chi connectivity index (χ1n) is 7.59. The van der Waals surface area contributed by atoms with Crippen molar-refractivity contribution in [1.29, 1.82) is 0 Å². The maximum atomic E-state index is 12.9. The van der Waals surface area contributed by atoms with E-state index in [1.54, 1.807) is 4.90 Å². The second-order valence-corrected chi connectivity index (χ2v) is 5.80. The number of hydrogen-bond donors (Lipinski definition) is 0. The van der Waals surface area contributed by atoms with Gasteiger partial charge in [0.2, 0.25) is 0 Å². The highest BCUT2D eigenvalue weighted by molar-refractivity contribution is 6.11. The molecule has 0 aromatic heterocycles. The van der Waals surface area contributed by atoms with Crippen LogP contribution >= 0.6 is 0 Å². The highest BCUT2D eigenvalue weighted by Gasteiger charge is 2.25. The molecule has 22 heavy (non-hydrogen) atoms. The number of fused-ring (bicyclic) bond motifs is 1. The topological polar surface area (TPSA) is 37.4 Å². The summed E-state index contributed by atoms with van der Waals surface area (Å²) in [6, 6.07) is 13.1. The summed E-state index contributed by atoms with van der Waals surface area (Å²) in [4.78, 5) is 26.8. The zero-order valence-electron chi connectivity index (χ0n) is 12.9. The Morgan fingerprint density at radius 3 is 2.59 bits per heavy atom. The molecule has 3 rings (SSSR count). The van der Waals surface area contributed by atoms with Crippen LogP contribution in [0.2, 0.25) is 0 Å². The second kappa shape index (κ2) is 5.76. The first-order chi connectivity index (χ1) is 10.6. The van der Waals surface area contributed by atoms with Crippen LogP contribution in [0.5, 0.6) is 0 Å². The fraction of sp³-hybridized carbons (Fsp3) is 0.263. The average molecular weight is 293 g/mol. The Labute approximate surface area is 130 Å². The number of para-hydroxylation sites is 1. The summed E-state index contributed by atoms with van der Waals surface area (Å²) in [7, 11) is 0. The van der Waals surface area contributed by atoms with Gasteiger partial charge < -0.3 is 4.90 Å². The van der Waals surface area contributed by atoms with Crippen LogP contribution in [0.3, 0.4) is 0 Å². The normalized spacial score (nSPS) is 14.5. The van der Waals surface area contributed by atoms with E-state index in [2.05, 4.69) is 0 Å². The maximum absolute atomic E-state index is 12.9. The van der Waals surface area contributed by atoms with E-state index in [0.29, 0.717) is 30.5 Å². The molecule has 0 aliphatic carbocycles. The largest absolute Gasteiger partial charge is 0.308 e. The van der Waals surface area contributed by atoms with E-state index < -0.39 is 0 Å². The van der Waals surface area contributed by atoms with Crippen LogP contribution in [-0.2, 0) is 0 Å². The molecule has 0 saturated heterocycles. The number of hydrogen-bond acceptors (Lipinski definition) is 2. The van der Waals surface area contributed by atoms with Gasteiger partial charge in [-0.2, -0.15) is 0 Å². The number of nitrogens with zero attached hydrogens (tertiary/aromatic N) is 1. The SMILES string of the molecule is Cc1ccc(C(=O)N2CCCC(=O)c3ccccc32)cc1C. The summed E-state index contributed by atoms with van der Waals surface area (Å²) in [6.07, 6.45) is 1.19. The van der Waals surface area contributed by atoms with E-state index in [4.69, 9.17) is 0 Å². The second-order valence-electron chi connectivity index (χ2n) is 5.80. The molecular formula is C19H19NO2. The molecule has 1 heterocycles. The number of aryl methyl sites for hydroxylation is 2. The Morgan fingerprint density at radius 1 is 1.05 bits per heavy atom. The molecule has 2 aromatic rings. The van der Waals surface area contributed by atoms with Crippen molar-refractivity contribution in [1.82, 2.24) is 0 Å². The zero-order chi connectivity index (χ0) is 15.7. The summed E-state index contributed by atoms with van der Waals surface area (Å²) in [5, 5.41) is 0. The molecule has 0 fully saturated rings. The molecule has 0 atom stereocenters. The van der Waals surface area contributed by atoms with Gasteiger partial charge in [-0.3, -0.25) is 9.59 Å². The monoisotopic (exact) mass is 293 g/mol. The summed E-state index contributed by atoms with van der Waals surface area (Å²) >= 11 is 0. The van der Waals surface area contributed by atoms with Gasteiger partial charge in [-0.25, -0.2) is 0 Å². The number of Topliss-reactive ketones (excluding diaryl/α,β-unsaturated/α-hetero) is 1. The zero-order valence-corrected chi connectivity index (χ0v) is 12.9. The van der Waals surface area contributed by atoms with E-state index in [9.17, 15) is 9.59 Å². The maximum Gasteiger partial charge on any atom is 0.258 e. The van der Waals surface area contributed by atoms with Gasteiger partial charge in [0.15, 0.2) is 5.78 Å². The standard InChI is InChI=1S/C19H19NO2/c1-13-9-10-15(12-14(13)2)19(22)20-11-5-8-18(21)16-6-3-4-7-17(16)20/h3-4,6-7,9-10,12H,5,8,11H2,1-2H3. The van der Waals surface area contributed by atoms with Crippen molar-refractivity contribution in [2.75, 3.05) is 11.4 Å². The van der Waals surface area contributed by atoms with Gasteiger partial charge in [0.05, 0.1) is 5.69 Å². The summed E-state index contributed by atoms with van der Waals surface area (Å²) in [5.74, 6) is 0.0798. The van der Waals surface area contributed by atoms with Crippen molar-refractivity contribution in [3.8, 4) is 0 Å². The van der Waals surface area contributed by atoms with Crippen LogP contribution in [0.25, 0.3) is 0 Å². The van der Waals surface area contributed by atoms with Crippen molar-refractivity contribution in [3.05, 3.63) is 64.7 Å². The van der Waals surface area contributed by atoms with Gasteiger partial charge in [-0.15, -0.1) is 0 Å². The molecule has 3 heteroatoms. The Bertz CT molecular complexity index is 749. The lowest BCUT2D eigenvalue weighted by Gasteiger charge is -2.23. The van der Waals surface area contributed by atoms with Gasteiger partial charge in [0, 0.05) is 24.1 Å². The molecule has 1 aliphatic heterocycles. The highest BCUT2D eigenvalue weighted by Crippen LogP contribution is 2.27. The third-order valence-electron chi connectivity index (χ3n) is 4.28. The molecule has 112 valence electrons. The Balaban J connectivity index is 2.03. The minimum absolute atomic E-state index is 0.0368. The molecule has 2 aromatic carbocycles. The molecule has 0 unspecified atom stereocenters. The first kappa shape index (κ1) is 14.5. The minimum Gasteiger partial charge on any atom is -0.308 e. The fourth-order valence-electron chi connectivity index (χ4n) is 2.84. The molecule has 1 amide bonds. The number of carbonyl (C=O) groups is 2. The van der Waals surface area contributed by atoms with E-state index in [1.807, 2.05) is 56.3 Å². The predicted molar refractivity (Wildman–Crippen MR) is 87.6 cm³/mol. The quantitative estimate of drug-likeness (QED) is 0.799. The van der Waals surface area contributed by atoms with Crippen molar-refractivity contribution in [3.63, 3.8) is 0 Å². The third-order valence-corrected chi connectivity index (χ3v) is 4.28. The smallest absolute Gasteiger partial charge is 0.258 e. The van der Waals surface area contributed by atoms with Gasteiger partial charge in [0.1, 0.15) is 0 Å². The van der Waals surface area contributed by atoms with Gasteiger partial charge in [-0.1, -0.05) is 18.2 Å². The number of benzene rings is 2. The summed E-state index contributed by atoms with van der Waals surface area (Å²) < 4.78 is 0. The number of amides is 1. The summed E-state index contributed by atoms with van der Waals surface area (Å²) in [5.41, 5.74) is 4.32. The summed E-state index contributed by atoms with van der Waals surface area (Å²) in [6.45, 7) is 4.62. The lowest BCUT2D eigenvalue weighted by molar-refractivity contribution is 0.0973. The van der Waals surface area contributed by atoms with Gasteiger partial charge in [0.25, 0.3) is 5.91 Å². The highest BCUT2D eigenvalue weighted by atomic mass is 16.2. The predicted octanol–water partition coefficient (Wildman–Crippen LogP) is 3.93. The molecule has 0 spiro atoms. The molecule has 3 nitrogen and oxygen atoms in total. The number of anilines is 1. The molecule has 0 saturated carbocycles. The molecule has 0 N–H and O–H groups in total. The number of rotatable bonds is 1. The number of carbonyl (C=O) groups excluding carboxylic acids is 2. The van der Waals surface area contributed by atoms with E-state index >= 15 is 0 Å². The van der Waals surface area contributed by atoms with Gasteiger partial charge >= 0.3 is 0 Å². The Hall–Kier alpha value is -2.42. The third kappa shape index (κ3) is 2.54. The van der Waals surface area contributed by atoms with Crippen LogP contribution in [0.15, 0.2) is 42.5 Å². The molecule has 0 radical (unpaired) electrons. The van der Waals surface area contributed by atoms with Crippen LogP contribution in [-0.4, -0.2) is 18.2 Å². The van der Waals surface area contributed by atoms with Crippen LogP contribution in [0.4, 0.5) is 5.69 Å². The Morgan fingerprint density at radius 2 is 1.82 bits per heavy atom. The van der Waals surface area contributed by atoms with E-state index in [1.165, 1.54) is 5.56 Å². The Kier molecular flexibility index (Phi) is 3.80. The van der Waals surface area contributed by atoms with Crippen LogP contribution in [0, 0.1) is 13.8 Å². The number of ketones is 1. The van der Waals surface area contributed by atoms with Crippen LogP contribution in [0.1, 0.15) is 44.7 Å². The molecular weight excluding hydrogens is 274 g/mol. The van der Waals surface area contributed by atoms with E-state index in [-0.39, 0.29) is 11.7 Å². The van der Waals surface area contributed by atoms with Crippen molar-refractivity contribution in [2.24, 2.45) is 0 Å². The minimum atomic E-state index is -0.0368. The first-order valence-corrected chi connectivity index (χ1v) is 7.59.